The van der Waals surface area contributed by atoms with Crippen LogP contribution in [0.25, 0.3) is 0 Å². The molecule has 1 heterocycles. The predicted molar refractivity (Wildman–Crippen MR) is 142 cm³/mol. The number of nitrogens with zero attached hydrogens (tertiary/aromatic N) is 2. The zero-order chi connectivity index (χ0) is 21.7. The van der Waals surface area contributed by atoms with E-state index in [9.17, 15) is 0 Å². The Bertz CT molecular complexity index is 791. The van der Waals surface area contributed by atoms with E-state index in [0.717, 1.165) is 24.8 Å². The Morgan fingerprint density at radius 2 is 1.41 bits per heavy atom. The minimum Gasteiger partial charge on any atom is -0.491 e. The fraction of sp³-hybridized carbons (Fsp3) is 0.480. The van der Waals surface area contributed by atoms with Crippen LogP contribution in [0.15, 0.2) is 53.5 Å². The van der Waals surface area contributed by atoms with Gasteiger partial charge in [-0.2, -0.15) is 0 Å². The quantitative estimate of drug-likeness (QED) is 0.201. The van der Waals surface area contributed by atoms with Crippen LogP contribution in [0.1, 0.15) is 36.0 Å². The van der Waals surface area contributed by atoms with Gasteiger partial charge in [-0.1, -0.05) is 42.8 Å². The number of methoxy groups -OCH3 is 1. The lowest BCUT2D eigenvalue weighted by molar-refractivity contribution is 0.146. The van der Waals surface area contributed by atoms with Gasteiger partial charge >= 0.3 is 0 Å². The first-order valence-corrected chi connectivity index (χ1v) is 11.2. The number of hydrogen-bond acceptors (Lipinski definition) is 4. The van der Waals surface area contributed by atoms with Crippen molar-refractivity contribution in [2.45, 2.75) is 38.9 Å². The lowest BCUT2D eigenvalue weighted by Crippen LogP contribution is -2.36. The number of likely N-dealkylation sites (tertiary alicyclic amines) is 1. The third-order valence-corrected chi connectivity index (χ3v) is 5.50. The number of halogens is 1. The Kier molecular flexibility index (Phi) is 12.4. The number of hydrogen-bond donors (Lipinski definition) is 2. The molecule has 0 spiro atoms. The number of rotatable bonds is 10. The largest absolute Gasteiger partial charge is 0.491 e. The molecule has 0 aliphatic carbocycles. The van der Waals surface area contributed by atoms with Crippen LogP contribution in [0.4, 0.5) is 0 Å². The van der Waals surface area contributed by atoms with Gasteiger partial charge in [-0.25, -0.2) is 0 Å². The van der Waals surface area contributed by atoms with Gasteiger partial charge in [0.1, 0.15) is 12.4 Å². The number of benzene rings is 2. The van der Waals surface area contributed by atoms with E-state index in [-0.39, 0.29) is 24.0 Å². The van der Waals surface area contributed by atoms with Crippen LogP contribution >= 0.6 is 24.0 Å². The first-order chi connectivity index (χ1) is 15.3. The molecule has 0 saturated carbocycles. The highest BCUT2D eigenvalue weighted by Crippen LogP contribution is 2.14. The third-order valence-electron chi connectivity index (χ3n) is 5.50. The fourth-order valence-electron chi connectivity index (χ4n) is 3.68. The molecule has 1 aliphatic heterocycles. The molecule has 0 amide bonds. The molecule has 3 rings (SSSR count). The van der Waals surface area contributed by atoms with E-state index in [2.05, 4.69) is 56.9 Å². The molecule has 2 aromatic carbocycles. The second kappa shape index (κ2) is 15.1. The maximum Gasteiger partial charge on any atom is 0.191 e. The minimum absolute atomic E-state index is 0. The van der Waals surface area contributed by atoms with Crippen LogP contribution in [0.2, 0.25) is 0 Å². The Balaban J connectivity index is 0.00000363. The van der Waals surface area contributed by atoms with Crippen molar-refractivity contribution < 1.29 is 9.47 Å². The maximum atomic E-state index is 5.60. The molecule has 2 aromatic rings. The molecule has 32 heavy (non-hydrogen) atoms. The van der Waals surface area contributed by atoms with Gasteiger partial charge in [-0.15, -0.1) is 24.0 Å². The molecule has 0 aromatic heterocycles. The molecular formula is C25H37IN4O2. The average Bonchev–Trinajstić information content (AvgIpc) is 2.82. The van der Waals surface area contributed by atoms with Gasteiger partial charge in [0, 0.05) is 33.8 Å². The summed E-state index contributed by atoms with van der Waals surface area (Å²) in [6, 6.07) is 17.0. The van der Waals surface area contributed by atoms with E-state index in [1.54, 1.807) is 14.2 Å². The van der Waals surface area contributed by atoms with Gasteiger partial charge in [0.05, 0.1) is 6.61 Å². The smallest absolute Gasteiger partial charge is 0.191 e. The minimum atomic E-state index is 0. The summed E-state index contributed by atoms with van der Waals surface area (Å²) in [5, 5.41) is 6.76. The van der Waals surface area contributed by atoms with Crippen LogP contribution in [0, 0.1) is 0 Å². The molecule has 0 atom stereocenters. The number of guanidine groups is 1. The van der Waals surface area contributed by atoms with Crippen molar-refractivity contribution in [3.8, 4) is 5.75 Å². The second-order valence-electron chi connectivity index (χ2n) is 7.92. The van der Waals surface area contributed by atoms with Crippen LogP contribution in [-0.4, -0.2) is 51.3 Å². The van der Waals surface area contributed by atoms with Crippen LogP contribution in [0.3, 0.4) is 0 Å². The van der Waals surface area contributed by atoms with Gasteiger partial charge < -0.3 is 20.1 Å². The monoisotopic (exact) mass is 552 g/mol. The number of piperidine rings is 1. The van der Waals surface area contributed by atoms with E-state index in [4.69, 9.17) is 9.47 Å². The highest BCUT2D eigenvalue weighted by atomic mass is 127. The van der Waals surface area contributed by atoms with Crippen molar-refractivity contribution in [2.75, 3.05) is 40.5 Å². The van der Waals surface area contributed by atoms with Crippen LogP contribution < -0.4 is 15.4 Å². The van der Waals surface area contributed by atoms with E-state index in [0.29, 0.717) is 19.8 Å². The van der Waals surface area contributed by atoms with Crippen LogP contribution in [0.5, 0.6) is 5.75 Å². The maximum absolute atomic E-state index is 5.60. The van der Waals surface area contributed by atoms with Crippen molar-refractivity contribution in [2.24, 2.45) is 4.99 Å². The van der Waals surface area contributed by atoms with Gasteiger partial charge in [0.2, 0.25) is 0 Å². The van der Waals surface area contributed by atoms with Crippen molar-refractivity contribution in [1.29, 1.82) is 0 Å². The van der Waals surface area contributed by atoms with Crippen LogP contribution in [-0.2, 0) is 24.4 Å². The van der Waals surface area contributed by atoms with Crippen molar-refractivity contribution in [1.82, 2.24) is 15.5 Å². The zero-order valence-electron chi connectivity index (χ0n) is 19.3. The Labute approximate surface area is 209 Å². The average molecular weight is 553 g/mol. The molecule has 1 saturated heterocycles. The summed E-state index contributed by atoms with van der Waals surface area (Å²) < 4.78 is 10.6. The highest BCUT2D eigenvalue weighted by Gasteiger charge is 2.10. The van der Waals surface area contributed by atoms with E-state index in [1.807, 2.05) is 12.1 Å². The van der Waals surface area contributed by atoms with E-state index >= 15 is 0 Å². The molecular weight excluding hydrogens is 515 g/mol. The first kappa shape index (κ1) is 26.4. The second-order valence-corrected chi connectivity index (χ2v) is 7.92. The summed E-state index contributed by atoms with van der Waals surface area (Å²) in [5.74, 6) is 1.64. The number of aliphatic imine (C=N–C) groups is 1. The van der Waals surface area contributed by atoms with E-state index in [1.165, 1.54) is 49.0 Å². The number of nitrogens with one attached hydrogen (secondary N) is 2. The van der Waals surface area contributed by atoms with Gasteiger partial charge in [0.25, 0.3) is 0 Å². The summed E-state index contributed by atoms with van der Waals surface area (Å²) in [7, 11) is 3.47. The van der Waals surface area contributed by atoms with Gasteiger partial charge in [-0.3, -0.25) is 9.89 Å². The molecule has 0 radical (unpaired) electrons. The predicted octanol–water partition coefficient (Wildman–Crippen LogP) is 4.18. The normalized spacial score (nSPS) is 14.5. The highest BCUT2D eigenvalue weighted by molar-refractivity contribution is 14.0. The zero-order valence-corrected chi connectivity index (χ0v) is 21.6. The van der Waals surface area contributed by atoms with E-state index < -0.39 is 0 Å². The lowest BCUT2D eigenvalue weighted by Gasteiger charge is -2.26. The SMILES string of the molecule is CN=C(NCc1ccc(CN2CCCCC2)cc1)NCc1ccc(OCCOC)cc1.I. The molecule has 176 valence electrons. The summed E-state index contributed by atoms with van der Waals surface area (Å²) in [4.78, 5) is 6.89. The topological polar surface area (TPSA) is 58.1 Å². The molecule has 2 N–H and O–H groups in total. The van der Waals surface area contributed by atoms with Crippen molar-refractivity contribution in [3.05, 3.63) is 65.2 Å². The molecule has 0 bridgehead atoms. The summed E-state index contributed by atoms with van der Waals surface area (Å²) in [6.45, 7) is 6.12. The van der Waals surface area contributed by atoms with Crippen molar-refractivity contribution in [3.63, 3.8) is 0 Å². The molecule has 1 fully saturated rings. The fourth-order valence-corrected chi connectivity index (χ4v) is 3.68. The van der Waals surface area contributed by atoms with Gasteiger partial charge in [-0.05, 0) is 54.8 Å². The lowest BCUT2D eigenvalue weighted by atomic mass is 10.1. The van der Waals surface area contributed by atoms with Crippen molar-refractivity contribution >= 4 is 29.9 Å². The van der Waals surface area contributed by atoms with Gasteiger partial charge in [0.15, 0.2) is 5.96 Å². The Morgan fingerprint density at radius 1 is 0.844 bits per heavy atom. The number of ether oxygens (including phenoxy) is 2. The first-order valence-electron chi connectivity index (χ1n) is 11.2. The Hall–Kier alpha value is -1.84. The molecule has 7 heteroatoms. The summed E-state index contributed by atoms with van der Waals surface area (Å²) in [5.41, 5.74) is 3.81. The standard InChI is InChI=1S/C25H36N4O2.HI/c1-26-25(28-19-22-10-12-24(13-11-22)31-17-16-30-2)27-18-21-6-8-23(9-7-21)20-29-14-4-3-5-15-29;/h6-13H,3-5,14-20H2,1-2H3,(H2,26,27,28);1H. The summed E-state index contributed by atoms with van der Waals surface area (Å²) >= 11 is 0. The third kappa shape index (κ3) is 9.34. The molecule has 1 aliphatic rings. The molecule has 0 unspecified atom stereocenters. The summed E-state index contributed by atoms with van der Waals surface area (Å²) in [6.07, 6.45) is 4.05. The Morgan fingerprint density at radius 3 is 1.97 bits per heavy atom. The molecule has 6 nitrogen and oxygen atoms in total.